The molecule has 7 nitrogen and oxygen atoms in total. The minimum Gasteiger partial charge on any atom is -0.354 e. The second-order valence-corrected chi connectivity index (χ2v) is 8.71. The Kier molecular flexibility index (Phi) is 4.03. The normalized spacial score (nSPS) is 16.1. The molecule has 0 amide bonds. The molecule has 1 fully saturated rings. The first-order chi connectivity index (χ1) is 13.6. The van der Waals surface area contributed by atoms with Gasteiger partial charge in [-0.05, 0) is 30.3 Å². The molecule has 8 heteroatoms. The van der Waals surface area contributed by atoms with Gasteiger partial charge in [-0.1, -0.05) is 18.2 Å². The molecule has 5 rings (SSSR count). The van der Waals surface area contributed by atoms with Crippen LogP contribution in [0.4, 0.5) is 5.82 Å². The van der Waals surface area contributed by atoms with E-state index in [4.69, 9.17) is 4.98 Å². The molecule has 0 unspecified atom stereocenters. The van der Waals surface area contributed by atoms with Crippen molar-refractivity contribution in [3.05, 3.63) is 60.9 Å². The zero-order valence-corrected chi connectivity index (χ0v) is 15.9. The average molecular weight is 393 g/mol. The number of rotatable bonds is 3. The van der Waals surface area contributed by atoms with Gasteiger partial charge in [0.2, 0.25) is 10.0 Å². The first-order valence-electron chi connectivity index (χ1n) is 9.16. The third kappa shape index (κ3) is 2.81. The van der Waals surface area contributed by atoms with E-state index in [9.17, 15) is 8.42 Å². The molecule has 0 aliphatic carbocycles. The van der Waals surface area contributed by atoms with E-state index in [1.807, 2.05) is 30.3 Å². The number of H-pyrrole nitrogens is 1. The van der Waals surface area contributed by atoms with Gasteiger partial charge in [-0.25, -0.2) is 18.4 Å². The lowest BCUT2D eigenvalue weighted by atomic mass is 10.2. The fourth-order valence-electron chi connectivity index (χ4n) is 3.67. The Morgan fingerprint density at radius 1 is 0.929 bits per heavy atom. The summed E-state index contributed by atoms with van der Waals surface area (Å²) in [6.45, 7) is 2.05. The summed E-state index contributed by atoms with van der Waals surface area (Å²) in [7, 11) is -3.57. The molecule has 1 saturated heterocycles. The van der Waals surface area contributed by atoms with Gasteiger partial charge in [0.25, 0.3) is 0 Å². The standard InChI is InChI=1S/C20H19N5O2S/c26-28(27,18-14-22-20-16(18)5-3-9-21-20)25-12-10-24(11-13-25)19-8-7-15-4-1-2-6-17(15)23-19/h1-9,14H,10-13H2,(H,21,22). The summed E-state index contributed by atoms with van der Waals surface area (Å²) in [5.74, 6) is 0.882. The van der Waals surface area contributed by atoms with Crippen LogP contribution in [0.3, 0.4) is 0 Å². The number of pyridine rings is 2. The maximum atomic E-state index is 13.1. The monoisotopic (exact) mass is 393 g/mol. The van der Waals surface area contributed by atoms with E-state index in [2.05, 4.69) is 20.9 Å². The van der Waals surface area contributed by atoms with Gasteiger partial charge in [0.1, 0.15) is 16.4 Å². The Morgan fingerprint density at radius 3 is 2.61 bits per heavy atom. The smallest absolute Gasteiger partial charge is 0.245 e. The van der Waals surface area contributed by atoms with Crippen LogP contribution in [-0.4, -0.2) is 53.9 Å². The minimum atomic E-state index is -3.57. The van der Waals surface area contributed by atoms with Crippen LogP contribution >= 0.6 is 0 Å². The Labute approximate surface area is 162 Å². The summed E-state index contributed by atoms with van der Waals surface area (Å²) < 4.78 is 27.8. The molecule has 0 spiro atoms. The molecule has 4 aromatic rings. The third-order valence-corrected chi connectivity index (χ3v) is 7.12. The van der Waals surface area contributed by atoms with Crippen molar-refractivity contribution in [2.75, 3.05) is 31.1 Å². The van der Waals surface area contributed by atoms with Gasteiger partial charge in [0.05, 0.1) is 5.52 Å². The van der Waals surface area contributed by atoms with Crippen molar-refractivity contribution in [2.24, 2.45) is 0 Å². The zero-order valence-electron chi connectivity index (χ0n) is 15.1. The SMILES string of the molecule is O=S(=O)(c1c[nH]c2ncccc12)N1CCN(c2ccc3ccccc3n2)CC1. The molecule has 28 heavy (non-hydrogen) atoms. The van der Waals surface area contributed by atoms with Gasteiger partial charge in [-0.15, -0.1) is 0 Å². The Balaban J connectivity index is 1.37. The molecule has 4 heterocycles. The Bertz CT molecular complexity index is 1260. The highest BCUT2D eigenvalue weighted by molar-refractivity contribution is 7.89. The number of hydrogen-bond donors (Lipinski definition) is 1. The van der Waals surface area contributed by atoms with Crippen molar-refractivity contribution >= 4 is 37.8 Å². The number of hydrogen-bond acceptors (Lipinski definition) is 5. The number of nitrogens with zero attached hydrogens (tertiary/aromatic N) is 4. The minimum absolute atomic E-state index is 0.285. The van der Waals surface area contributed by atoms with Crippen molar-refractivity contribution in [1.29, 1.82) is 0 Å². The van der Waals surface area contributed by atoms with Crippen LogP contribution in [0.5, 0.6) is 0 Å². The van der Waals surface area contributed by atoms with Crippen LogP contribution in [0, 0.1) is 0 Å². The zero-order chi connectivity index (χ0) is 19.1. The molecule has 0 atom stereocenters. The number of nitrogens with one attached hydrogen (secondary N) is 1. The van der Waals surface area contributed by atoms with E-state index in [-0.39, 0.29) is 4.90 Å². The number of sulfonamides is 1. The van der Waals surface area contributed by atoms with Gasteiger partial charge >= 0.3 is 0 Å². The fourth-order valence-corrected chi connectivity index (χ4v) is 5.24. The number of aromatic amines is 1. The Hall–Kier alpha value is -2.97. The molecular weight excluding hydrogens is 374 g/mol. The fraction of sp³-hybridized carbons (Fsp3) is 0.200. The van der Waals surface area contributed by atoms with Crippen molar-refractivity contribution in [1.82, 2.24) is 19.3 Å². The van der Waals surface area contributed by atoms with Gasteiger partial charge in [0.15, 0.2) is 0 Å². The van der Waals surface area contributed by atoms with E-state index in [1.54, 1.807) is 22.6 Å². The first kappa shape index (κ1) is 17.2. The van der Waals surface area contributed by atoms with Gasteiger partial charge in [-0.2, -0.15) is 4.31 Å². The van der Waals surface area contributed by atoms with Crippen LogP contribution in [0.2, 0.25) is 0 Å². The van der Waals surface area contributed by atoms with Crippen molar-refractivity contribution < 1.29 is 8.42 Å². The van der Waals surface area contributed by atoms with E-state index < -0.39 is 10.0 Å². The predicted molar refractivity (Wildman–Crippen MR) is 109 cm³/mol. The molecule has 1 aliphatic rings. The van der Waals surface area contributed by atoms with Crippen LogP contribution in [0.1, 0.15) is 0 Å². The molecule has 1 N–H and O–H groups in total. The molecule has 0 saturated carbocycles. The highest BCUT2D eigenvalue weighted by atomic mass is 32.2. The quantitative estimate of drug-likeness (QED) is 0.579. The average Bonchev–Trinajstić information content (AvgIpc) is 3.18. The lowest BCUT2D eigenvalue weighted by Gasteiger charge is -2.34. The van der Waals surface area contributed by atoms with E-state index in [0.717, 1.165) is 16.7 Å². The summed E-state index contributed by atoms with van der Waals surface area (Å²) in [5.41, 5.74) is 1.53. The molecule has 1 aliphatic heterocycles. The van der Waals surface area contributed by atoms with Crippen LogP contribution in [0.25, 0.3) is 21.9 Å². The highest BCUT2D eigenvalue weighted by Gasteiger charge is 2.31. The number of anilines is 1. The van der Waals surface area contributed by atoms with Crippen LogP contribution in [0.15, 0.2) is 65.8 Å². The summed E-state index contributed by atoms with van der Waals surface area (Å²) in [6, 6.07) is 15.6. The van der Waals surface area contributed by atoms with Crippen LogP contribution in [-0.2, 0) is 10.0 Å². The molecule has 3 aromatic heterocycles. The topological polar surface area (TPSA) is 82.2 Å². The molecule has 1 aromatic carbocycles. The summed E-state index contributed by atoms with van der Waals surface area (Å²) in [6.07, 6.45) is 3.18. The third-order valence-electron chi connectivity index (χ3n) is 5.18. The maximum absolute atomic E-state index is 13.1. The number of para-hydroxylation sites is 1. The number of aromatic nitrogens is 3. The summed E-state index contributed by atoms with van der Waals surface area (Å²) >= 11 is 0. The molecule has 0 bridgehead atoms. The Morgan fingerprint density at radius 2 is 1.75 bits per heavy atom. The predicted octanol–water partition coefficient (Wildman–Crippen LogP) is 2.62. The van der Waals surface area contributed by atoms with Gasteiger partial charge in [0, 0.05) is 49.3 Å². The molecule has 142 valence electrons. The summed E-state index contributed by atoms with van der Waals surface area (Å²) in [4.78, 5) is 14.3. The van der Waals surface area contributed by atoms with E-state index in [1.165, 1.54) is 6.20 Å². The lowest BCUT2D eigenvalue weighted by molar-refractivity contribution is 0.384. The highest BCUT2D eigenvalue weighted by Crippen LogP contribution is 2.26. The van der Waals surface area contributed by atoms with E-state index >= 15 is 0 Å². The van der Waals surface area contributed by atoms with Crippen molar-refractivity contribution in [3.63, 3.8) is 0 Å². The van der Waals surface area contributed by atoms with Crippen molar-refractivity contribution in [2.45, 2.75) is 4.90 Å². The van der Waals surface area contributed by atoms with E-state index in [0.29, 0.717) is 37.2 Å². The lowest BCUT2D eigenvalue weighted by Crippen LogP contribution is -2.48. The van der Waals surface area contributed by atoms with Crippen molar-refractivity contribution in [3.8, 4) is 0 Å². The number of piperazine rings is 1. The molecular formula is C20H19N5O2S. The molecule has 0 radical (unpaired) electrons. The maximum Gasteiger partial charge on any atom is 0.245 e. The second kappa shape index (κ2) is 6.57. The largest absolute Gasteiger partial charge is 0.354 e. The number of benzene rings is 1. The first-order valence-corrected chi connectivity index (χ1v) is 10.6. The van der Waals surface area contributed by atoms with Crippen LogP contribution < -0.4 is 4.90 Å². The second-order valence-electron chi connectivity index (χ2n) is 6.81. The summed E-state index contributed by atoms with van der Waals surface area (Å²) in [5, 5.41) is 1.72. The van der Waals surface area contributed by atoms with Gasteiger partial charge in [-0.3, -0.25) is 0 Å². The van der Waals surface area contributed by atoms with Gasteiger partial charge < -0.3 is 9.88 Å². The number of fused-ring (bicyclic) bond motifs is 2.